The van der Waals surface area contributed by atoms with Crippen LogP contribution >= 0.6 is 11.6 Å². The second-order valence-corrected chi connectivity index (χ2v) is 4.10. The minimum atomic E-state index is -1.21. The molecule has 82 valence electrons. The number of nitrogens with zero attached hydrogens (tertiary/aromatic N) is 1. The van der Waals surface area contributed by atoms with Crippen molar-refractivity contribution in [3.8, 4) is 0 Å². The lowest BCUT2D eigenvalue weighted by molar-refractivity contribution is -0.247. The van der Waals surface area contributed by atoms with Gasteiger partial charge in [0.05, 0.1) is 0 Å². The summed E-state index contributed by atoms with van der Waals surface area (Å²) in [6, 6.07) is 4.98. The van der Waals surface area contributed by atoms with Gasteiger partial charge in [-0.25, -0.2) is 0 Å². The van der Waals surface area contributed by atoms with Gasteiger partial charge in [-0.1, -0.05) is 17.7 Å². The molecule has 0 bridgehead atoms. The molecule has 0 radical (unpaired) electrons. The summed E-state index contributed by atoms with van der Waals surface area (Å²) >= 11 is 5.83. The molecule has 0 atom stereocenters. The summed E-state index contributed by atoms with van der Waals surface area (Å²) in [6.07, 6.45) is -1.21. The highest BCUT2D eigenvalue weighted by Gasteiger charge is 2.14. The number of hydrogen-bond donors (Lipinski definition) is 0. The van der Waals surface area contributed by atoms with Gasteiger partial charge >= 0.3 is 0 Å². The van der Waals surface area contributed by atoms with Crippen LogP contribution in [0.1, 0.15) is 19.4 Å². The molecule has 0 aromatic heterocycles. The van der Waals surface area contributed by atoms with Crippen LogP contribution in [0, 0.1) is 6.92 Å². The summed E-state index contributed by atoms with van der Waals surface area (Å²) in [4.78, 5) is 12.2. The molecule has 0 aliphatic carbocycles. The third-order valence-corrected chi connectivity index (χ3v) is 2.38. The molecule has 1 aromatic rings. The highest BCUT2D eigenvalue weighted by Crippen LogP contribution is 2.25. The van der Waals surface area contributed by atoms with E-state index < -0.39 is 6.09 Å². The lowest BCUT2D eigenvalue weighted by Gasteiger charge is -2.30. The molecule has 0 fully saturated rings. The summed E-state index contributed by atoms with van der Waals surface area (Å²) in [5.41, 5.74) is 1.44. The zero-order valence-corrected chi connectivity index (χ0v) is 9.71. The molecule has 0 saturated carbocycles. The van der Waals surface area contributed by atoms with Crippen molar-refractivity contribution in [1.82, 2.24) is 0 Å². The molecular weight excluding hydrogens is 214 g/mol. The molecule has 0 N–H and O–H groups in total. The van der Waals surface area contributed by atoms with Crippen molar-refractivity contribution in [2.45, 2.75) is 26.8 Å². The van der Waals surface area contributed by atoms with Crippen LogP contribution in [-0.2, 0) is 0 Å². The van der Waals surface area contributed by atoms with Gasteiger partial charge in [-0.05, 0) is 38.5 Å². The number of benzene rings is 1. The van der Waals surface area contributed by atoms with Crippen LogP contribution in [0.25, 0.3) is 0 Å². The summed E-state index contributed by atoms with van der Waals surface area (Å²) in [6.45, 7) is 5.41. The number of hydrogen-bond acceptors (Lipinski definition) is 2. The van der Waals surface area contributed by atoms with Gasteiger partial charge in [-0.2, -0.15) is 0 Å². The Balaban J connectivity index is 3.22. The zero-order valence-electron chi connectivity index (χ0n) is 8.95. The number of carbonyl (C=O) groups is 1. The first-order valence-electron chi connectivity index (χ1n) is 4.70. The number of amides is 1. The van der Waals surface area contributed by atoms with E-state index in [0.29, 0.717) is 10.7 Å². The molecular formula is C11H13ClNO2-. The summed E-state index contributed by atoms with van der Waals surface area (Å²) < 4.78 is 0. The minimum absolute atomic E-state index is 0.174. The highest BCUT2D eigenvalue weighted by atomic mass is 35.5. The molecule has 0 heterocycles. The number of carboxylic acid groups (broad SMARTS) is 1. The minimum Gasteiger partial charge on any atom is -0.530 e. The fourth-order valence-corrected chi connectivity index (χ4v) is 1.60. The van der Waals surface area contributed by atoms with E-state index >= 15 is 0 Å². The summed E-state index contributed by atoms with van der Waals surface area (Å²) in [5.74, 6) is 0. The van der Waals surface area contributed by atoms with Crippen LogP contribution in [0.15, 0.2) is 18.2 Å². The molecule has 0 aliphatic heterocycles. The molecule has 4 heteroatoms. The van der Waals surface area contributed by atoms with Crippen LogP contribution in [0.2, 0.25) is 5.02 Å². The highest BCUT2D eigenvalue weighted by molar-refractivity contribution is 6.31. The van der Waals surface area contributed by atoms with Gasteiger partial charge < -0.3 is 14.8 Å². The number of carbonyl (C=O) groups excluding carboxylic acids is 1. The quantitative estimate of drug-likeness (QED) is 0.776. The largest absolute Gasteiger partial charge is 0.530 e. The second kappa shape index (κ2) is 4.53. The molecule has 1 amide bonds. The van der Waals surface area contributed by atoms with Gasteiger partial charge in [0.2, 0.25) is 0 Å². The van der Waals surface area contributed by atoms with Gasteiger partial charge in [0, 0.05) is 16.8 Å². The summed E-state index contributed by atoms with van der Waals surface area (Å²) in [5, 5.41) is 11.5. The van der Waals surface area contributed by atoms with E-state index in [4.69, 9.17) is 11.6 Å². The Labute approximate surface area is 94.3 Å². The van der Waals surface area contributed by atoms with Crippen LogP contribution in [0.5, 0.6) is 0 Å². The molecule has 0 spiro atoms. The van der Waals surface area contributed by atoms with Crippen LogP contribution < -0.4 is 10.0 Å². The van der Waals surface area contributed by atoms with Crippen LogP contribution in [0.4, 0.5) is 10.5 Å². The number of aryl methyl sites for hydroxylation is 1. The van der Waals surface area contributed by atoms with Crippen molar-refractivity contribution < 1.29 is 9.90 Å². The monoisotopic (exact) mass is 226 g/mol. The average Bonchev–Trinajstić information content (AvgIpc) is 2.10. The maximum atomic E-state index is 11.0. The molecule has 1 rings (SSSR count). The molecule has 3 nitrogen and oxygen atoms in total. The molecule has 15 heavy (non-hydrogen) atoms. The smallest absolute Gasteiger partial charge is 0.141 e. The Kier molecular flexibility index (Phi) is 3.58. The van der Waals surface area contributed by atoms with E-state index in [-0.39, 0.29) is 6.04 Å². The third kappa shape index (κ3) is 2.63. The fourth-order valence-electron chi connectivity index (χ4n) is 1.43. The first kappa shape index (κ1) is 11.9. The standard InChI is InChI=1S/C11H14ClNO2/c1-7(2)13(11(14)15)10-6-9(12)5-4-8(10)3/h4-7H,1-3H3,(H,14,15)/p-1. The normalized spacial score (nSPS) is 10.5. The van der Waals surface area contributed by atoms with Gasteiger partial charge in [0.15, 0.2) is 0 Å². The van der Waals surface area contributed by atoms with Gasteiger partial charge in [0.1, 0.15) is 6.09 Å². The lowest BCUT2D eigenvalue weighted by atomic mass is 10.1. The Bertz CT molecular complexity index is 377. The Morgan fingerprint density at radius 1 is 1.47 bits per heavy atom. The first-order chi connectivity index (χ1) is 6.93. The van der Waals surface area contributed by atoms with E-state index in [1.165, 1.54) is 4.90 Å². The van der Waals surface area contributed by atoms with Crippen molar-refractivity contribution in [3.05, 3.63) is 28.8 Å². The van der Waals surface area contributed by atoms with Crippen molar-refractivity contribution >= 4 is 23.4 Å². The van der Waals surface area contributed by atoms with Crippen molar-refractivity contribution in [2.24, 2.45) is 0 Å². The maximum absolute atomic E-state index is 11.0. The van der Waals surface area contributed by atoms with Crippen LogP contribution in [-0.4, -0.2) is 12.1 Å². The lowest BCUT2D eigenvalue weighted by Crippen LogP contribution is -2.45. The Morgan fingerprint density at radius 3 is 2.53 bits per heavy atom. The molecule has 1 aromatic carbocycles. The molecule has 0 saturated heterocycles. The SMILES string of the molecule is Cc1ccc(Cl)cc1N(C(=O)[O-])C(C)C. The fraction of sp³-hybridized carbons (Fsp3) is 0.364. The average molecular weight is 227 g/mol. The molecule has 0 unspecified atom stereocenters. The van der Waals surface area contributed by atoms with E-state index in [2.05, 4.69) is 0 Å². The predicted molar refractivity (Wildman–Crippen MR) is 59.2 cm³/mol. The third-order valence-electron chi connectivity index (χ3n) is 2.14. The topological polar surface area (TPSA) is 43.4 Å². The zero-order chi connectivity index (χ0) is 11.6. The molecule has 0 aliphatic rings. The van der Waals surface area contributed by atoms with Gasteiger partial charge in [-0.3, -0.25) is 0 Å². The number of anilines is 1. The van der Waals surface area contributed by atoms with Crippen molar-refractivity contribution in [3.63, 3.8) is 0 Å². The van der Waals surface area contributed by atoms with Gasteiger partial charge in [-0.15, -0.1) is 0 Å². The first-order valence-corrected chi connectivity index (χ1v) is 5.07. The Morgan fingerprint density at radius 2 is 2.07 bits per heavy atom. The van der Waals surface area contributed by atoms with E-state index in [1.54, 1.807) is 32.0 Å². The maximum Gasteiger partial charge on any atom is 0.141 e. The summed E-state index contributed by atoms with van der Waals surface area (Å²) in [7, 11) is 0. The van der Waals surface area contributed by atoms with E-state index in [1.807, 2.05) is 6.92 Å². The second-order valence-electron chi connectivity index (χ2n) is 3.66. The number of halogens is 1. The van der Waals surface area contributed by atoms with E-state index in [9.17, 15) is 9.90 Å². The van der Waals surface area contributed by atoms with Crippen molar-refractivity contribution in [2.75, 3.05) is 4.90 Å². The number of rotatable bonds is 2. The van der Waals surface area contributed by atoms with Gasteiger partial charge in [0.25, 0.3) is 0 Å². The van der Waals surface area contributed by atoms with Crippen LogP contribution in [0.3, 0.4) is 0 Å². The van der Waals surface area contributed by atoms with E-state index in [0.717, 1.165) is 5.56 Å². The van der Waals surface area contributed by atoms with Crippen molar-refractivity contribution in [1.29, 1.82) is 0 Å². The Hall–Kier alpha value is -1.22. The predicted octanol–water partition coefficient (Wildman–Crippen LogP) is 2.21.